The van der Waals surface area contributed by atoms with Gasteiger partial charge >= 0.3 is 6.03 Å². The molecule has 0 bridgehead atoms. The van der Waals surface area contributed by atoms with Gasteiger partial charge in [-0.1, -0.05) is 48.0 Å². The Labute approximate surface area is 211 Å². The van der Waals surface area contributed by atoms with E-state index in [-0.39, 0.29) is 11.6 Å². The summed E-state index contributed by atoms with van der Waals surface area (Å²) in [6.07, 6.45) is 0. The van der Waals surface area contributed by atoms with Gasteiger partial charge in [0.25, 0.3) is 5.56 Å². The Morgan fingerprint density at radius 3 is 2.33 bits per heavy atom. The lowest BCUT2D eigenvalue weighted by molar-refractivity contribution is 0.208. The molecule has 2 heterocycles. The molecule has 1 fully saturated rings. The second-order valence-corrected chi connectivity index (χ2v) is 9.50. The van der Waals surface area contributed by atoms with E-state index in [0.717, 1.165) is 27.8 Å². The van der Waals surface area contributed by atoms with Crippen molar-refractivity contribution in [3.63, 3.8) is 0 Å². The lowest BCUT2D eigenvalue weighted by Gasteiger charge is -2.35. The molecule has 0 unspecified atom stereocenters. The van der Waals surface area contributed by atoms with Gasteiger partial charge in [-0.2, -0.15) is 0 Å². The maximum atomic E-state index is 13.6. The third-order valence-corrected chi connectivity index (χ3v) is 6.92. The Bertz CT molecular complexity index is 1470. The fourth-order valence-electron chi connectivity index (χ4n) is 4.56. The van der Waals surface area contributed by atoms with E-state index in [4.69, 9.17) is 4.98 Å². The molecule has 1 aromatic heterocycles. The first-order chi connectivity index (χ1) is 17.4. The first-order valence-corrected chi connectivity index (χ1v) is 12.3. The predicted molar refractivity (Wildman–Crippen MR) is 145 cm³/mol. The standard InChI is InChI=1S/C29H31N5O2/c1-20-8-11-23(12-9-20)19-34-26-7-5-4-6-25(26)31-27(28(34)35)32-14-16-33(17-15-32)29(36)30-24-13-10-21(2)22(3)18-24/h4-13,18H,14-17,19H2,1-3H3,(H,30,36). The number of anilines is 2. The van der Waals surface area contributed by atoms with E-state index < -0.39 is 0 Å². The molecule has 0 radical (unpaired) electrons. The van der Waals surface area contributed by atoms with E-state index in [9.17, 15) is 9.59 Å². The number of hydrogen-bond donors (Lipinski definition) is 1. The van der Waals surface area contributed by atoms with E-state index in [1.54, 1.807) is 9.47 Å². The molecular formula is C29H31N5O2. The third kappa shape index (κ3) is 4.82. The van der Waals surface area contributed by atoms with Gasteiger partial charge in [-0.05, 0) is 61.7 Å². The number of hydrogen-bond acceptors (Lipinski definition) is 4. The van der Waals surface area contributed by atoms with Gasteiger partial charge in [0.2, 0.25) is 0 Å². The molecule has 7 heteroatoms. The van der Waals surface area contributed by atoms with E-state index in [1.807, 2.05) is 54.3 Å². The monoisotopic (exact) mass is 481 g/mol. The fraction of sp³-hybridized carbons (Fsp3) is 0.276. The number of aromatic nitrogens is 2. The van der Waals surface area contributed by atoms with Gasteiger partial charge in [0.05, 0.1) is 17.6 Å². The quantitative estimate of drug-likeness (QED) is 0.458. The van der Waals surface area contributed by atoms with E-state index in [1.165, 1.54) is 11.1 Å². The zero-order valence-corrected chi connectivity index (χ0v) is 21.0. The Hall–Kier alpha value is -4.13. The van der Waals surface area contributed by atoms with Crippen molar-refractivity contribution < 1.29 is 4.79 Å². The number of nitrogens with zero attached hydrogens (tertiary/aromatic N) is 4. The van der Waals surface area contributed by atoms with E-state index in [2.05, 4.69) is 43.4 Å². The third-order valence-electron chi connectivity index (χ3n) is 6.92. The van der Waals surface area contributed by atoms with Crippen LogP contribution < -0.4 is 15.8 Å². The summed E-state index contributed by atoms with van der Waals surface area (Å²) in [5.41, 5.74) is 6.87. The summed E-state index contributed by atoms with van der Waals surface area (Å²) < 4.78 is 1.81. The Morgan fingerprint density at radius 1 is 0.889 bits per heavy atom. The van der Waals surface area contributed by atoms with Crippen molar-refractivity contribution in [2.24, 2.45) is 0 Å². The second-order valence-electron chi connectivity index (χ2n) is 9.50. The highest BCUT2D eigenvalue weighted by Crippen LogP contribution is 2.19. The van der Waals surface area contributed by atoms with Crippen molar-refractivity contribution >= 4 is 28.6 Å². The summed E-state index contributed by atoms with van der Waals surface area (Å²) in [6.45, 7) is 8.74. The van der Waals surface area contributed by atoms with Crippen LogP contribution in [0, 0.1) is 20.8 Å². The first-order valence-electron chi connectivity index (χ1n) is 12.3. The van der Waals surface area contributed by atoms with Gasteiger partial charge in [0, 0.05) is 31.9 Å². The highest BCUT2D eigenvalue weighted by atomic mass is 16.2. The molecule has 1 aliphatic rings. The van der Waals surface area contributed by atoms with Crippen LogP contribution in [0.25, 0.3) is 11.0 Å². The average Bonchev–Trinajstić information content (AvgIpc) is 2.89. The smallest absolute Gasteiger partial charge is 0.321 e. The van der Waals surface area contributed by atoms with Crippen LogP contribution in [0.15, 0.2) is 71.5 Å². The number of para-hydroxylation sites is 2. The summed E-state index contributed by atoms with van der Waals surface area (Å²) in [5, 5.41) is 3.00. The van der Waals surface area contributed by atoms with Gasteiger partial charge in [-0.3, -0.25) is 9.36 Å². The molecule has 0 saturated carbocycles. The van der Waals surface area contributed by atoms with Crippen LogP contribution in [0.3, 0.4) is 0 Å². The van der Waals surface area contributed by atoms with Crippen LogP contribution in [-0.2, 0) is 6.54 Å². The molecule has 1 aliphatic heterocycles. The van der Waals surface area contributed by atoms with Crippen LogP contribution in [0.2, 0.25) is 0 Å². The maximum Gasteiger partial charge on any atom is 0.321 e. The van der Waals surface area contributed by atoms with Crippen molar-refractivity contribution in [1.29, 1.82) is 0 Å². The summed E-state index contributed by atoms with van der Waals surface area (Å²) in [5.74, 6) is 0.440. The Kier molecular flexibility index (Phi) is 6.46. The van der Waals surface area contributed by atoms with Crippen molar-refractivity contribution in [2.45, 2.75) is 27.3 Å². The highest BCUT2D eigenvalue weighted by Gasteiger charge is 2.25. The van der Waals surface area contributed by atoms with E-state index >= 15 is 0 Å². The molecule has 1 N–H and O–H groups in total. The highest BCUT2D eigenvalue weighted by molar-refractivity contribution is 5.89. The number of amides is 2. The number of rotatable bonds is 4. The number of urea groups is 1. The molecular weight excluding hydrogens is 450 g/mol. The first kappa shape index (κ1) is 23.6. The van der Waals surface area contributed by atoms with Crippen molar-refractivity contribution in [1.82, 2.24) is 14.5 Å². The normalized spacial score (nSPS) is 13.8. The van der Waals surface area contributed by atoms with Crippen molar-refractivity contribution in [3.05, 3.63) is 99.3 Å². The number of carbonyl (C=O) groups is 1. The predicted octanol–water partition coefficient (Wildman–Crippen LogP) is 4.72. The van der Waals surface area contributed by atoms with Crippen LogP contribution >= 0.6 is 0 Å². The van der Waals surface area contributed by atoms with Crippen LogP contribution in [0.5, 0.6) is 0 Å². The SMILES string of the molecule is Cc1ccc(Cn2c(=O)c(N3CCN(C(=O)Nc4ccc(C)c(C)c4)CC3)nc3ccccc32)cc1. The van der Waals surface area contributed by atoms with Gasteiger partial charge in [-0.15, -0.1) is 0 Å². The molecule has 0 atom stereocenters. The number of carbonyl (C=O) groups excluding carboxylic acids is 1. The second kappa shape index (κ2) is 9.85. The lowest BCUT2D eigenvalue weighted by Crippen LogP contribution is -2.51. The molecule has 184 valence electrons. The van der Waals surface area contributed by atoms with Gasteiger partial charge in [0.1, 0.15) is 0 Å². The maximum absolute atomic E-state index is 13.6. The van der Waals surface area contributed by atoms with E-state index in [0.29, 0.717) is 38.5 Å². The molecule has 5 rings (SSSR count). The Morgan fingerprint density at radius 2 is 1.61 bits per heavy atom. The largest absolute Gasteiger partial charge is 0.348 e. The number of piperazine rings is 1. The number of fused-ring (bicyclic) bond motifs is 1. The van der Waals surface area contributed by atoms with Gasteiger partial charge < -0.3 is 15.1 Å². The zero-order chi connectivity index (χ0) is 25.2. The minimum Gasteiger partial charge on any atom is -0.348 e. The van der Waals surface area contributed by atoms with Gasteiger partial charge in [-0.25, -0.2) is 9.78 Å². The number of aryl methyl sites for hydroxylation is 3. The molecule has 2 amide bonds. The summed E-state index contributed by atoms with van der Waals surface area (Å²) in [4.78, 5) is 35.0. The topological polar surface area (TPSA) is 70.5 Å². The molecule has 36 heavy (non-hydrogen) atoms. The van der Waals surface area contributed by atoms with Crippen molar-refractivity contribution in [3.8, 4) is 0 Å². The molecule has 1 saturated heterocycles. The summed E-state index contributed by atoms with van der Waals surface area (Å²) in [6, 6.07) is 21.8. The van der Waals surface area contributed by atoms with Gasteiger partial charge in [0.15, 0.2) is 5.82 Å². The van der Waals surface area contributed by atoms with Crippen LogP contribution in [0.4, 0.5) is 16.3 Å². The molecule has 3 aromatic carbocycles. The van der Waals surface area contributed by atoms with Crippen LogP contribution in [-0.4, -0.2) is 46.7 Å². The number of nitrogens with one attached hydrogen (secondary N) is 1. The average molecular weight is 482 g/mol. The molecule has 0 aliphatic carbocycles. The molecule has 7 nitrogen and oxygen atoms in total. The summed E-state index contributed by atoms with van der Waals surface area (Å²) in [7, 11) is 0. The molecule has 4 aromatic rings. The van der Waals surface area contributed by atoms with Crippen LogP contribution in [0.1, 0.15) is 22.3 Å². The Balaban J connectivity index is 1.35. The summed E-state index contributed by atoms with van der Waals surface area (Å²) >= 11 is 0. The number of benzene rings is 3. The zero-order valence-electron chi connectivity index (χ0n) is 21.0. The fourth-order valence-corrected chi connectivity index (χ4v) is 4.56. The van der Waals surface area contributed by atoms with Crippen molar-refractivity contribution in [2.75, 3.05) is 36.4 Å². The lowest BCUT2D eigenvalue weighted by atomic mass is 10.1. The minimum absolute atomic E-state index is 0.109. The molecule has 0 spiro atoms. The minimum atomic E-state index is -0.124.